The summed E-state index contributed by atoms with van der Waals surface area (Å²) in [5, 5.41) is 21.0. The van der Waals surface area contributed by atoms with Crippen LogP contribution < -0.4 is 4.90 Å². The summed E-state index contributed by atoms with van der Waals surface area (Å²) in [5.74, 6) is 0.849. The molecule has 0 aromatic carbocycles. The molecular formula is C13H15ClN8. The molecule has 4 heterocycles. The summed E-state index contributed by atoms with van der Waals surface area (Å²) in [4.78, 5) is 2.25. The molecule has 0 aliphatic carbocycles. The maximum atomic E-state index is 6.44. The molecule has 114 valence electrons. The van der Waals surface area contributed by atoms with Crippen molar-refractivity contribution in [2.24, 2.45) is 7.05 Å². The highest BCUT2D eigenvalue weighted by molar-refractivity contribution is 6.30. The van der Waals surface area contributed by atoms with E-state index in [1.165, 1.54) is 4.63 Å². The maximum absolute atomic E-state index is 6.44. The highest BCUT2D eigenvalue weighted by Crippen LogP contribution is 2.39. The average Bonchev–Trinajstić information content (AvgIpc) is 3.19. The molecule has 3 aromatic rings. The minimum absolute atomic E-state index is 0.183. The molecule has 1 atom stereocenters. The van der Waals surface area contributed by atoms with Crippen LogP contribution in [0.5, 0.6) is 0 Å². The van der Waals surface area contributed by atoms with Crippen LogP contribution in [0.2, 0.25) is 5.15 Å². The molecule has 4 rings (SSSR count). The molecule has 1 aliphatic rings. The number of aromatic nitrogens is 7. The van der Waals surface area contributed by atoms with Crippen LogP contribution in [-0.4, -0.2) is 41.6 Å². The third-order valence-corrected chi connectivity index (χ3v) is 4.58. The van der Waals surface area contributed by atoms with Gasteiger partial charge in [0.15, 0.2) is 11.5 Å². The summed E-state index contributed by atoms with van der Waals surface area (Å²) in [6.07, 6.45) is 2.12. The third kappa shape index (κ3) is 1.94. The zero-order valence-corrected chi connectivity index (χ0v) is 13.1. The molecule has 1 saturated heterocycles. The van der Waals surface area contributed by atoms with Gasteiger partial charge in [-0.25, -0.2) is 0 Å². The molecule has 1 fully saturated rings. The van der Waals surface area contributed by atoms with E-state index in [1.54, 1.807) is 4.68 Å². The second-order valence-electron chi connectivity index (χ2n) is 5.48. The van der Waals surface area contributed by atoms with E-state index in [0.717, 1.165) is 36.5 Å². The molecule has 1 aliphatic heterocycles. The molecule has 22 heavy (non-hydrogen) atoms. The van der Waals surface area contributed by atoms with E-state index in [9.17, 15) is 0 Å². The van der Waals surface area contributed by atoms with Crippen LogP contribution in [-0.2, 0) is 7.05 Å². The average molecular weight is 319 g/mol. The predicted molar refractivity (Wildman–Crippen MR) is 80.9 cm³/mol. The van der Waals surface area contributed by atoms with Crippen molar-refractivity contribution in [1.82, 2.24) is 35.0 Å². The molecule has 0 saturated carbocycles. The Labute approximate surface area is 131 Å². The SMILES string of the molecule is Cc1nn(C)c(Cl)c1C1CCCN1c1ccc2nnnn2n1. The van der Waals surface area contributed by atoms with Gasteiger partial charge in [-0.15, -0.1) is 14.8 Å². The third-order valence-electron chi connectivity index (χ3n) is 4.13. The quantitative estimate of drug-likeness (QED) is 0.713. The van der Waals surface area contributed by atoms with Crippen molar-refractivity contribution in [1.29, 1.82) is 0 Å². The Balaban J connectivity index is 1.77. The lowest BCUT2D eigenvalue weighted by atomic mass is 10.1. The van der Waals surface area contributed by atoms with E-state index in [-0.39, 0.29) is 6.04 Å². The monoisotopic (exact) mass is 318 g/mol. The highest BCUT2D eigenvalue weighted by Gasteiger charge is 2.32. The fraction of sp³-hybridized carbons (Fsp3) is 0.462. The van der Waals surface area contributed by atoms with E-state index in [1.807, 2.05) is 26.1 Å². The number of halogens is 1. The second kappa shape index (κ2) is 4.91. The van der Waals surface area contributed by atoms with Gasteiger partial charge in [0.1, 0.15) is 5.15 Å². The Morgan fingerprint density at radius 3 is 2.91 bits per heavy atom. The van der Waals surface area contributed by atoms with Gasteiger partial charge in [-0.3, -0.25) is 4.68 Å². The smallest absolute Gasteiger partial charge is 0.200 e. The molecule has 0 spiro atoms. The first kappa shape index (κ1) is 13.4. The van der Waals surface area contributed by atoms with Crippen molar-refractivity contribution in [3.05, 3.63) is 28.5 Å². The number of nitrogens with zero attached hydrogens (tertiary/aromatic N) is 8. The van der Waals surface area contributed by atoms with Crippen molar-refractivity contribution in [2.75, 3.05) is 11.4 Å². The van der Waals surface area contributed by atoms with Gasteiger partial charge >= 0.3 is 0 Å². The van der Waals surface area contributed by atoms with Crippen LogP contribution in [0.25, 0.3) is 5.65 Å². The number of rotatable bonds is 2. The van der Waals surface area contributed by atoms with E-state index in [0.29, 0.717) is 10.8 Å². The molecule has 1 unspecified atom stereocenters. The van der Waals surface area contributed by atoms with Crippen LogP contribution in [0.3, 0.4) is 0 Å². The van der Waals surface area contributed by atoms with E-state index >= 15 is 0 Å². The minimum Gasteiger partial charge on any atom is -0.348 e. The fourth-order valence-corrected chi connectivity index (χ4v) is 3.46. The van der Waals surface area contributed by atoms with Gasteiger partial charge in [0.25, 0.3) is 0 Å². The summed E-state index contributed by atoms with van der Waals surface area (Å²) in [6.45, 7) is 2.92. The number of hydrogen-bond acceptors (Lipinski definition) is 6. The van der Waals surface area contributed by atoms with Crippen molar-refractivity contribution < 1.29 is 0 Å². The highest BCUT2D eigenvalue weighted by atomic mass is 35.5. The van der Waals surface area contributed by atoms with Gasteiger partial charge in [-0.2, -0.15) is 5.10 Å². The summed E-state index contributed by atoms with van der Waals surface area (Å²) >= 11 is 6.44. The Morgan fingerprint density at radius 2 is 2.14 bits per heavy atom. The molecule has 3 aromatic heterocycles. The molecule has 9 heteroatoms. The Kier molecular flexibility index (Phi) is 3.00. The second-order valence-corrected chi connectivity index (χ2v) is 5.84. The summed E-state index contributed by atoms with van der Waals surface area (Å²) in [7, 11) is 1.86. The normalized spacial score (nSPS) is 18.5. The molecule has 0 N–H and O–H groups in total. The van der Waals surface area contributed by atoms with Crippen LogP contribution in [0.4, 0.5) is 5.82 Å². The molecule has 0 radical (unpaired) electrons. The number of anilines is 1. The van der Waals surface area contributed by atoms with Crippen LogP contribution in [0.15, 0.2) is 12.1 Å². The Hall–Kier alpha value is -2.22. The number of tetrazole rings is 1. The summed E-state index contributed by atoms with van der Waals surface area (Å²) in [6, 6.07) is 4.00. The lowest BCUT2D eigenvalue weighted by Gasteiger charge is -2.25. The number of fused-ring (bicyclic) bond motifs is 1. The summed E-state index contributed by atoms with van der Waals surface area (Å²) in [5.41, 5.74) is 2.68. The topological polar surface area (TPSA) is 77.0 Å². The van der Waals surface area contributed by atoms with Crippen LogP contribution in [0, 0.1) is 6.92 Å². The standard InChI is InChI=1S/C13H15ClN8/c1-8-12(13(14)20(2)16-8)9-4-3-7-21(9)11-6-5-10-15-18-19-22(10)17-11/h5-6,9H,3-4,7H2,1-2H3. The molecular weight excluding hydrogens is 304 g/mol. The van der Waals surface area contributed by atoms with Gasteiger partial charge in [-0.1, -0.05) is 11.6 Å². The van der Waals surface area contributed by atoms with Gasteiger partial charge < -0.3 is 4.90 Å². The van der Waals surface area contributed by atoms with Crippen molar-refractivity contribution in [2.45, 2.75) is 25.8 Å². The molecule has 0 amide bonds. The number of hydrogen-bond donors (Lipinski definition) is 0. The van der Waals surface area contributed by atoms with Crippen LogP contribution >= 0.6 is 11.6 Å². The first-order valence-electron chi connectivity index (χ1n) is 7.16. The molecule has 0 bridgehead atoms. The van der Waals surface area contributed by atoms with E-state index < -0.39 is 0 Å². The van der Waals surface area contributed by atoms with Gasteiger partial charge in [-0.05, 0) is 42.3 Å². The van der Waals surface area contributed by atoms with Crippen molar-refractivity contribution in [3.63, 3.8) is 0 Å². The van der Waals surface area contributed by atoms with Gasteiger partial charge in [0, 0.05) is 19.2 Å². The minimum atomic E-state index is 0.183. The first-order valence-corrected chi connectivity index (χ1v) is 7.54. The lowest BCUT2D eigenvalue weighted by molar-refractivity contribution is 0.676. The Bertz CT molecular complexity index is 838. The fourth-order valence-electron chi connectivity index (χ4n) is 3.16. The first-order chi connectivity index (χ1) is 10.6. The zero-order valence-electron chi connectivity index (χ0n) is 12.3. The predicted octanol–water partition coefficient (Wildman–Crippen LogP) is 1.56. The van der Waals surface area contributed by atoms with Gasteiger partial charge in [0.2, 0.25) is 0 Å². The Morgan fingerprint density at radius 1 is 1.27 bits per heavy atom. The van der Waals surface area contributed by atoms with E-state index in [4.69, 9.17) is 11.6 Å². The van der Waals surface area contributed by atoms with Crippen molar-refractivity contribution >= 4 is 23.1 Å². The maximum Gasteiger partial charge on any atom is 0.200 e. The van der Waals surface area contributed by atoms with Gasteiger partial charge in [0.05, 0.1) is 11.7 Å². The zero-order chi connectivity index (χ0) is 15.3. The lowest BCUT2D eigenvalue weighted by Crippen LogP contribution is -2.24. The molecule has 8 nitrogen and oxygen atoms in total. The van der Waals surface area contributed by atoms with E-state index in [2.05, 4.69) is 30.6 Å². The number of aryl methyl sites for hydroxylation is 2. The van der Waals surface area contributed by atoms with Crippen molar-refractivity contribution in [3.8, 4) is 0 Å². The summed E-state index contributed by atoms with van der Waals surface area (Å²) < 4.78 is 3.17. The van der Waals surface area contributed by atoms with Crippen LogP contribution in [0.1, 0.15) is 30.1 Å². The largest absolute Gasteiger partial charge is 0.348 e.